The maximum Gasteiger partial charge on any atom is 0.344 e. The fourth-order valence-electron chi connectivity index (χ4n) is 3.16. The number of rotatable bonds is 5. The van der Waals surface area contributed by atoms with E-state index >= 15 is 0 Å². The average molecular weight is 328 g/mol. The van der Waals surface area contributed by atoms with Crippen molar-refractivity contribution >= 4 is 23.3 Å². The molecule has 1 aliphatic carbocycles. The molecule has 1 fully saturated rings. The molecular weight excluding hydrogens is 306 g/mol. The highest BCUT2D eigenvalue weighted by Crippen LogP contribution is 2.44. The van der Waals surface area contributed by atoms with Gasteiger partial charge in [-0.2, -0.15) is 0 Å². The van der Waals surface area contributed by atoms with Crippen LogP contribution in [0.25, 0.3) is 0 Å². The Morgan fingerprint density at radius 1 is 1.64 bits per heavy atom. The molecular formula is C16H22ClNO4. The first-order chi connectivity index (χ1) is 10.5. The number of hydrogen-bond acceptors (Lipinski definition) is 5. The number of nitrogens with zero attached hydrogens (tertiary/aromatic N) is 1. The van der Waals surface area contributed by atoms with E-state index in [2.05, 4.69) is 12.1 Å². The summed E-state index contributed by atoms with van der Waals surface area (Å²) < 4.78 is 5.67. The van der Waals surface area contributed by atoms with Crippen molar-refractivity contribution in [3.63, 3.8) is 0 Å². The van der Waals surface area contributed by atoms with Crippen LogP contribution in [0.1, 0.15) is 46.0 Å². The van der Waals surface area contributed by atoms with Crippen molar-refractivity contribution in [2.75, 3.05) is 6.61 Å². The molecule has 1 spiro atoms. The van der Waals surface area contributed by atoms with Crippen LogP contribution in [0, 0.1) is 5.92 Å². The van der Waals surface area contributed by atoms with Crippen molar-refractivity contribution in [2.24, 2.45) is 11.1 Å². The molecule has 2 rings (SSSR count). The summed E-state index contributed by atoms with van der Waals surface area (Å²) in [5.41, 5.74) is 1.33. The van der Waals surface area contributed by atoms with Crippen LogP contribution in [-0.2, 0) is 14.4 Å². The zero-order chi connectivity index (χ0) is 16.2. The van der Waals surface area contributed by atoms with E-state index in [1.807, 2.05) is 6.92 Å². The van der Waals surface area contributed by atoms with Gasteiger partial charge in [0, 0.05) is 12.0 Å². The van der Waals surface area contributed by atoms with E-state index in [1.165, 1.54) is 5.54 Å². The third kappa shape index (κ3) is 3.64. The van der Waals surface area contributed by atoms with Gasteiger partial charge in [0.15, 0.2) is 0 Å². The molecule has 0 aromatic carbocycles. The Balaban J connectivity index is 2.18. The molecule has 1 heterocycles. The third-order valence-corrected chi connectivity index (χ3v) is 4.34. The normalized spacial score (nSPS) is 29.5. The molecule has 2 aliphatic rings. The first-order valence-corrected chi connectivity index (χ1v) is 8.05. The Bertz CT molecular complexity index is 526. The second-order valence-electron chi connectivity index (χ2n) is 5.97. The quantitative estimate of drug-likeness (QED) is 0.360. The van der Waals surface area contributed by atoms with E-state index in [4.69, 9.17) is 21.2 Å². The summed E-state index contributed by atoms with van der Waals surface area (Å²) in [6.45, 7) is 4.18. The molecule has 1 aliphatic heterocycles. The van der Waals surface area contributed by atoms with Gasteiger partial charge in [0.1, 0.15) is 23.5 Å². The number of oxime groups is 1. The Hall–Kier alpha value is -1.49. The number of carbonyl (C=O) groups is 1. The van der Waals surface area contributed by atoms with Gasteiger partial charge >= 0.3 is 5.97 Å². The zero-order valence-corrected chi connectivity index (χ0v) is 13.7. The summed E-state index contributed by atoms with van der Waals surface area (Å²) in [5, 5.41) is 14.3. The summed E-state index contributed by atoms with van der Waals surface area (Å²) in [6.07, 6.45) is 5.01. The number of ether oxygens (including phenoxy) is 1. The van der Waals surface area contributed by atoms with Gasteiger partial charge < -0.3 is 14.7 Å². The number of aliphatic hydroxyl groups excluding tert-OH is 1. The lowest BCUT2D eigenvalue weighted by Crippen LogP contribution is -2.39. The lowest BCUT2D eigenvalue weighted by molar-refractivity contribution is -0.157. The van der Waals surface area contributed by atoms with Gasteiger partial charge in [-0.1, -0.05) is 30.6 Å². The molecule has 5 nitrogen and oxygen atoms in total. The highest BCUT2D eigenvalue weighted by Gasteiger charge is 2.46. The molecule has 122 valence electrons. The van der Waals surface area contributed by atoms with Gasteiger partial charge in [0.2, 0.25) is 0 Å². The van der Waals surface area contributed by atoms with Crippen LogP contribution in [0.5, 0.6) is 0 Å². The van der Waals surface area contributed by atoms with Crippen LogP contribution < -0.4 is 0 Å². The Kier molecular flexibility index (Phi) is 5.51. The summed E-state index contributed by atoms with van der Waals surface area (Å²) in [4.78, 5) is 17.4. The predicted molar refractivity (Wildman–Crippen MR) is 84.8 cm³/mol. The Morgan fingerprint density at radius 2 is 2.41 bits per heavy atom. The average Bonchev–Trinajstić information content (AvgIpc) is 2.81. The van der Waals surface area contributed by atoms with Crippen molar-refractivity contribution in [3.8, 4) is 0 Å². The van der Waals surface area contributed by atoms with Crippen LogP contribution in [0.3, 0.4) is 0 Å². The van der Waals surface area contributed by atoms with Crippen LogP contribution in [0.2, 0.25) is 0 Å². The predicted octanol–water partition coefficient (Wildman–Crippen LogP) is 3.84. The van der Waals surface area contributed by atoms with E-state index < -0.39 is 11.6 Å². The minimum absolute atomic E-state index is 0.0578. The monoisotopic (exact) mass is 327 g/mol. The molecule has 0 saturated heterocycles. The number of aliphatic hydroxyl groups is 1. The van der Waals surface area contributed by atoms with Crippen molar-refractivity contribution < 1.29 is 19.5 Å². The zero-order valence-electron chi connectivity index (χ0n) is 13.0. The summed E-state index contributed by atoms with van der Waals surface area (Å²) in [5.74, 6) is 0.0597. The standard InChI is InChI=1S/C16H22ClNO4/c1-3-12(18-21-8-4-7-17)14-13(19)10-16(22-15(14)20)6-5-11(2)9-16/h4,7,11,19H,3,5-6,8-10H2,1-2H3. The number of carbonyl (C=O) groups excluding carboxylic acids is 1. The molecule has 1 saturated carbocycles. The second kappa shape index (κ2) is 7.18. The maximum absolute atomic E-state index is 12.4. The Morgan fingerprint density at radius 3 is 2.95 bits per heavy atom. The summed E-state index contributed by atoms with van der Waals surface area (Å²) >= 11 is 5.39. The molecule has 0 aromatic heterocycles. The second-order valence-corrected chi connectivity index (χ2v) is 6.22. The van der Waals surface area contributed by atoms with Crippen molar-refractivity contribution in [2.45, 2.75) is 51.6 Å². The molecule has 0 radical (unpaired) electrons. The van der Waals surface area contributed by atoms with E-state index in [0.29, 0.717) is 24.5 Å². The largest absolute Gasteiger partial charge is 0.511 e. The fourth-order valence-corrected chi connectivity index (χ4v) is 3.24. The minimum atomic E-state index is -0.537. The van der Waals surface area contributed by atoms with Crippen LogP contribution in [0.4, 0.5) is 0 Å². The highest BCUT2D eigenvalue weighted by atomic mass is 35.5. The topological polar surface area (TPSA) is 68.1 Å². The van der Waals surface area contributed by atoms with Gasteiger partial charge in [0.05, 0.1) is 5.71 Å². The molecule has 2 unspecified atom stereocenters. The van der Waals surface area contributed by atoms with Gasteiger partial charge in [-0.15, -0.1) is 0 Å². The van der Waals surface area contributed by atoms with E-state index in [9.17, 15) is 9.90 Å². The van der Waals surface area contributed by atoms with E-state index in [0.717, 1.165) is 19.3 Å². The summed E-state index contributed by atoms with van der Waals surface area (Å²) in [6, 6.07) is 0. The van der Waals surface area contributed by atoms with Gasteiger partial charge in [-0.25, -0.2) is 4.79 Å². The van der Waals surface area contributed by atoms with E-state index in [-0.39, 0.29) is 17.9 Å². The molecule has 22 heavy (non-hydrogen) atoms. The number of halogens is 1. The molecule has 0 bridgehead atoms. The smallest absolute Gasteiger partial charge is 0.344 e. The lowest BCUT2D eigenvalue weighted by Gasteiger charge is -2.34. The van der Waals surface area contributed by atoms with Crippen molar-refractivity contribution in [1.29, 1.82) is 0 Å². The summed E-state index contributed by atoms with van der Waals surface area (Å²) in [7, 11) is 0. The van der Waals surface area contributed by atoms with Crippen LogP contribution >= 0.6 is 11.6 Å². The molecule has 0 aromatic rings. The lowest BCUT2D eigenvalue weighted by atomic mass is 9.89. The van der Waals surface area contributed by atoms with Crippen LogP contribution in [0.15, 0.2) is 28.1 Å². The maximum atomic E-state index is 12.4. The minimum Gasteiger partial charge on any atom is -0.511 e. The van der Waals surface area contributed by atoms with Crippen molar-refractivity contribution in [1.82, 2.24) is 0 Å². The third-order valence-electron chi connectivity index (χ3n) is 4.16. The SMILES string of the molecule is CCC(=NOCC=CCl)C1=C(O)CC2(CCC(C)C2)OC1=O. The van der Waals surface area contributed by atoms with Gasteiger partial charge in [0.25, 0.3) is 0 Å². The first kappa shape index (κ1) is 16.9. The molecule has 6 heteroatoms. The first-order valence-electron chi connectivity index (χ1n) is 7.61. The molecule has 0 amide bonds. The highest BCUT2D eigenvalue weighted by molar-refractivity contribution is 6.25. The molecule has 2 atom stereocenters. The fraction of sp³-hybridized carbons (Fsp3) is 0.625. The van der Waals surface area contributed by atoms with Gasteiger partial charge in [-0.05, 0) is 37.7 Å². The van der Waals surface area contributed by atoms with Crippen molar-refractivity contribution in [3.05, 3.63) is 22.9 Å². The molecule has 1 N–H and O–H groups in total. The Labute approximate surface area is 135 Å². The van der Waals surface area contributed by atoms with Gasteiger partial charge in [-0.3, -0.25) is 0 Å². The number of hydrogen-bond donors (Lipinski definition) is 1. The van der Waals surface area contributed by atoms with E-state index in [1.54, 1.807) is 6.08 Å². The number of esters is 1. The van der Waals surface area contributed by atoms with Crippen LogP contribution in [-0.4, -0.2) is 29.0 Å².